The maximum atomic E-state index is 12.4. The molecule has 29 heavy (non-hydrogen) atoms. The van der Waals surface area contributed by atoms with Gasteiger partial charge in [-0.3, -0.25) is 4.79 Å². The Morgan fingerprint density at radius 2 is 2.10 bits per heavy atom. The summed E-state index contributed by atoms with van der Waals surface area (Å²) in [5, 5.41) is 6.40. The van der Waals surface area contributed by atoms with Crippen molar-refractivity contribution in [2.75, 3.05) is 39.4 Å². The lowest BCUT2D eigenvalue weighted by atomic mass is 10.1. The Morgan fingerprint density at radius 1 is 1.28 bits per heavy atom. The lowest BCUT2D eigenvalue weighted by molar-refractivity contribution is -0.130. The number of carbonyl (C=O) groups is 1. The minimum atomic E-state index is 0.105. The predicted octanol–water partition coefficient (Wildman–Crippen LogP) is 2.23. The summed E-state index contributed by atoms with van der Waals surface area (Å²) < 4.78 is 11.6. The van der Waals surface area contributed by atoms with E-state index in [1.165, 1.54) is 6.42 Å². The molecule has 0 bridgehead atoms. The molecule has 3 rings (SSSR count). The molecule has 1 amide bonds. The minimum absolute atomic E-state index is 0.105. The number of aryl methyl sites for hydroxylation is 1. The van der Waals surface area contributed by atoms with Crippen molar-refractivity contribution in [3.8, 4) is 5.75 Å². The lowest BCUT2D eigenvalue weighted by Gasteiger charge is -2.27. The quantitative estimate of drug-likeness (QED) is 0.540. The minimum Gasteiger partial charge on any atom is -0.488 e. The van der Waals surface area contributed by atoms with Gasteiger partial charge in [0.05, 0.1) is 26.3 Å². The van der Waals surface area contributed by atoms with Crippen LogP contribution in [0.5, 0.6) is 5.75 Å². The molecule has 2 heterocycles. The third-order valence-electron chi connectivity index (χ3n) is 5.27. The van der Waals surface area contributed by atoms with Crippen LogP contribution in [0.15, 0.2) is 23.2 Å². The van der Waals surface area contributed by atoms with Gasteiger partial charge in [-0.05, 0) is 44.7 Å². The Morgan fingerprint density at radius 3 is 2.83 bits per heavy atom. The van der Waals surface area contributed by atoms with Crippen LogP contribution in [0, 0.1) is 6.92 Å². The van der Waals surface area contributed by atoms with Crippen LogP contribution in [0.4, 0.5) is 0 Å². The van der Waals surface area contributed by atoms with Crippen molar-refractivity contribution in [1.29, 1.82) is 0 Å². The van der Waals surface area contributed by atoms with Crippen molar-refractivity contribution >= 4 is 11.9 Å². The van der Waals surface area contributed by atoms with Gasteiger partial charge in [0.25, 0.3) is 0 Å². The number of nitrogens with one attached hydrogen (secondary N) is 2. The summed E-state index contributed by atoms with van der Waals surface area (Å²) >= 11 is 0. The number of piperidine rings is 1. The van der Waals surface area contributed by atoms with Crippen LogP contribution >= 0.6 is 0 Å². The maximum absolute atomic E-state index is 12.4. The first-order chi connectivity index (χ1) is 14.2. The number of hydrogen-bond acceptors (Lipinski definition) is 4. The molecule has 2 fully saturated rings. The number of hydrogen-bond donors (Lipinski definition) is 2. The number of nitrogens with zero attached hydrogens (tertiary/aromatic N) is 2. The average molecular weight is 403 g/mol. The van der Waals surface area contributed by atoms with E-state index in [9.17, 15) is 4.79 Å². The summed E-state index contributed by atoms with van der Waals surface area (Å²) in [6, 6.07) is 6.19. The average Bonchev–Trinajstić information content (AvgIpc) is 3.24. The molecule has 2 saturated heterocycles. The van der Waals surface area contributed by atoms with Crippen molar-refractivity contribution in [1.82, 2.24) is 15.5 Å². The lowest BCUT2D eigenvalue weighted by Crippen LogP contribution is -2.46. The van der Waals surface area contributed by atoms with Crippen molar-refractivity contribution < 1.29 is 14.3 Å². The summed E-state index contributed by atoms with van der Waals surface area (Å²) in [5.41, 5.74) is 2.19. The van der Waals surface area contributed by atoms with E-state index in [1.54, 1.807) is 0 Å². The number of guanidine groups is 1. The zero-order valence-corrected chi connectivity index (χ0v) is 17.7. The van der Waals surface area contributed by atoms with Crippen molar-refractivity contribution in [2.45, 2.75) is 52.2 Å². The third-order valence-corrected chi connectivity index (χ3v) is 5.27. The fourth-order valence-electron chi connectivity index (χ4n) is 3.61. The van der Waals surface area contributed by atoms with Gasteiger partial charge in [0.15, 0.2) is 5.96 Å². The summed E-state index contributed by atoms with van der Waals surface area (Å²) in [6.45, 7) is 8.68. The molecule has 0 aromatic heterocycles. The van der Waals surface area contributed by atoms with E-state index in [0.29, 0.717) is 19.1 Å². The third kappa shape index (κ3) is 6.63. The number of benzene rings is 1. The van der Waals surface area contributed by atoms with Gasteiger partial charge in [-0.2, -0.15) is 0 Å². The number of aliphatic imine (C=N–C) groups is 1. The van der Waals surface area contributed by atoms with Crippen LogP contribution in [0.25, 0.3) is 0 Å². The van der Waals surface area contributed by atoms with E-state index in [1.807, 2.05) is 11.8 Å². The number of amides is 1. The molecule has 1 atom stereocenters. The first-order valence-corrected chi connectivity index (χ1v) is 10.8. The van der Waals surface area contributed by atoms with Crippen LogP contribution in [0.1, 0.15) is 43.7 Å². The predicted molar refractivity (Wildman–Crippen MR) is 114 cm³/mol. The molecule has 0 spiro atoms. The number of ether oxygens (including phenoxy) is 2. The molecule has 1 unspecified atom stereocenters. The normalized spacial score (nSPS) is 19.9. The summed E-state index contributed by atoms with van der Waals surface area (Å²) in [4.78, 5) is 19.0. The molecule has 0 saturated carbocycles. The fourth-order valence-corrected chi connectivity index (χ4v) is 3.61. The van der Waals surface area contributed by atoms with E-state index in [0.717, 1.165) is 62.4 Å². The second kappa shape index (κ2) is 11.0. The zero-order chi connectivity index (χ0) is 20.5. The second-order valence-electron chi connectivity index (χ2n) is 7.70. The van der Waals surface area contributed by atoms with Crippen LogP contribution in [0.2, 0.25) is 0 Å². The smallest absolute Gasteiger partial charge is 0.241 e. The SMILES string of the molecule is CCNC(=NCc1ccc(C)cc1OC1CCOC1)NCC(=O)N1CCCCC1. The van der Waals surface area contributed by atoms with Gasteiger partial charge in [-0.25, -0.2) is 4.99 Å². The number of likely N-dealkylation sites (tertiary alicyclic amines) is 1. The highest BCUT2D eigenvalue weighted by Gasteiger charge is 2.19. The van der Waals surface area contributed by atoms with Gasteiger partial charge in [0.2, 0.25) is 5.91 Å². The van der Waals surface area contributed by atoms with E-state index in [-0.39, 0.29) is 18.6 Å². The van der Waals surface area contributed by atoms with Crippen LogP contribution in [0.3, 0.4) is 0 Å². The van der Waals surface area contributed by atoms with Crippen LogP contribution in [-0.4, -0.2) is 62.3 Å². The summed E-state index contributed by atoms with van der Waals surface area (Å²) in [7, 11) is 0. The Bertz CT molecular complexity index is 695. The van der Waals surface area contributed by atoms with Crippen molar-refractivity contribution in [2.24, 2.45) is 4.99 Å². The van der Waals surface area contributed by atoms with E-state index >= 15 is 0 Å². The monoisotopic (exact) mass is 402 g/mol. The first-order valence-electron chi connectivity index (χ1n) is 10.8. The highest BCUT2D eigenvalue weighted by Crippen LogP contribution is 2.24. The van der Waals surface area contributed by atoms with Gasteiger partial charge in [0, 0.05) is 31.6 Å². The number of rotatable bonds is 7. The molecule has 0 aliphatic carbocycles. The standard InChI is InChI=1S/C22H34N4O3/c1-3-23-22(25-15-21(27)26-10-5-4-6-11-26)24-14-18-8-7-17(2)13-20(18)29-19-9-12-28-16-19/h7-8,13,19H,3-6,9-12,14-16H2,1-2H3,(H2,23,24,25). The summed E-state index contributed by atoms with van der Waals surface area (Å²) in [5.74, 6) is 1.65. The Labute approximate surface area is 173 Å². The largest absolute Gasteiger partial charge is 0.488 e. The second-order valence-corrected chi connectivity index (χ2v) is 7.70. The Balaban J connectivity index is 1.60. The topological polar surface area (TPSA) is 75.2 Å². The van der Waals surface area contributed by atoms with Crippen molar-refractivity contribution in [3.05, 3.63) is 29.3 Å². The van der Waals surface area contributed by atoms with E-state index in [2.05, 4.69) is 40.7 Å². The molecule has 2 N–H and O–H groups in total. The highest BCUT2D eigenvalue weighted by molar-refractivity contribution is 5.86. The molecule has 0 radical (unpaired) electrons. The molecule has 1 aromatic carbocycles. The molecule has 2 aliphatic heterocycles. The van der Waals surface area contributed by atoms with Gasteiger partial charge in [-0.1, -0.05) is 12.1 Å². The first kappa shape index (κ1) is 21.4. The van der Waals surface area contributed by atoms with Gasteiger partial charge in [-0.15, -0.1) is 0 Å². The van der Waals surface area contributed by atoms with Gasteiger partial charge in [0.1, 0.15) is 11.9 Å². The molecule has 2 aliphatic rings. The van der Waals surface area contributed by atoms with Crippen LogP contribution in [-0.2, 0) is 16.1 Å². The molecular weight excluding hydrogens is 368 g/mol. The van der Waals surface area contributed by atoms with Crippen LogP contribution < -0.4 is 15.4 Å². The number of carbonyl (C=O) groups excluding carboxylic acids is 1. The molecule has 7 heteroatoms. The summed E-state index contributed by atoms with van der Waals surface area (Å²) in [6.07, 6.45) is 4.44. The molecule has 1 aromatic rings. The zero-order valence-electron chi connectivity index (χ0n) is 17.7. The highest BCUT2D eigenvalue weighted by atomic mass is 16.5. The van der Waals surface area contributed by atoms with E-state index in [4.69, 9.17) is 9.47 Å². The molecule has 7 nitrogen and oxygen atoms in total. The molecular formula is C22H34N4O3. The van der Waals surface area contributed by atoms with Gasteiger partial charge >= 0.3 is 0 Å². The van der Waals surface area contributed by atoms with E-state index < -0.39 is 0 Å². The Hall–Kier alpha value is -2.28. The maximum Gasteiger partial charge on any atom is 0.241 e. The van der Waals surface area contributed by atoms with Gasteiger partial charge < -0.3 is 25.0 Å². The fraction of sp³-hybridized carbons (Fsp3) is 0.636. The Kier molecular flexibility index (Phi) is 8.16. The van der Waals surface area contributed by atoms with Crippen molar-refractivity contribution in [3.63, 3.8) is 0 Å². The molecule has 160 valence electrons.